The van der Waals surface area contributed by atoms with Crippen molar-refractivity contribution < 1.29 is 9.47 Å². The Bertz CT molecular complexity index is 1150. The number of ether oxygens (including phenoxy) is 2. The second-order valence-electron chi connectivity index (χ2n) is 7.47. The molecular weight excluding hydrogens is 372 g/mol. The van der Waals surface area contributed by atoms with Gasteiger partial charge in [0.15, 0.2) is 17.1 Å². The zero-order chi connectivity index (χ0) is 20.5. The number of aromatic amines is 1. The Balaban J connectivity index is 1.76. The topological polar surface area (TPSA) is 91.1 Å². The van der Waals surface area contributed by atoms with Crippen LogP contribution in [0.5, 0.6) is 11.5 Å². The number of aromatic nitrogens is 4. The molecule has 0 atom stereocenters. The van der Waals surface area contributed by atoms with E-state index in [1.165, 1.54) is 22.0 Å². The average Bonchev–Trinajstić information content (AvgIpc) is 3.40. The van der Waals surface area contributed by atoms with Gasteiger partial charge in [-0.3, -0.25) is 13.9 Å². The highest BCUT2D eigenvalue weighted by Crippen LogP contribution is 2.34. The predicted molar refractivity (Wildman–Crippen MR) is 111 cm³/mol. The number of methoxy groups -OCH3 is 1. The van der Waals surface area contributed by atoms with E-state index in [0.717, 1.165) is 18.4 Å². The van der Waals surface area contributed by atoms with Crippen molar-refractivity contribution in [3.63, 3.8) is 0 Å². The van der Waals surface area contributed by atoms with Crippen molar-refractivity contribution in [1.82, 2.24) is 19.1 Å². The van der Waals surface area contributed by atoms with Crippen molar-refractivity contribution in [2.75, 3.05) is 7.11 Å². The lowest BCUT2D eigenvalue weighted by Crippen LogP contribution is -2.39. The molecule has 29 heavy (non-hydrogen) atoms. The van der Waals surface area contributed by atoms with Gasteiger partial charge in [-0.05, 0) is 50.3 Å². The number of H-pyrrole nitrogens is 1. The van der Waals surface area contributed by atoms with Crippen molar-refractivity contribution in [3.8, 4) is 22.9 Å². The van der Waals surface area contributed by atoms with E-state index in [0.29, 0.717) is 41.5 Å². The smallest absolute Gasteiger partial charge is 0.332 e. The van der Waals surface area contributed by atoms with Crippen LogP contribution in [0.3, 0.4) is 0 Å². The number of hydrogen-bond donors (Lipinski definition) is 1. The number of benzene rings is 1. The number of nitrogens with zero attached hydrogens (tertiary/aromatic N) is 3. The third-order valence-electron chi connectivity index (χ3n) is 5.46. The summed E-state index contributed by atoms with van der Waals surface area (Å²) in [6, 6.07) is 5.59. The van der Waals surface area contributed by atoms with Gasteiger partial charge in [-0.15, -0.1) is 0 Å². The van der Waals surface area contributed by atoms with E-state index < -0.39 is 0 Å². The largest absolute Gasteiger partial charge is 0.493 e. The van der Waals surface area contributed by atoms with E-state index >= 15 is 0 Å². The third kappa shape index (κ3) is 3.43. The van der Waals surface area contributed by atoms with Crippen LogP contribution in [0.2, 0.25) is 0 Å². The van der Waals surface area contributed by atoms with Gasteiger partial charge in [0, 0.05) is 19.2 Å². The molecule has 1 N–H and O–H groups in total. The van der Waals surface area contributed by atoms with E-state index in [1.807, 2.05) is 25.1 Å². The van der Waals surface area contributed by atoms with Crippen molar-refractivity contribution in [3.05, 3.63) is 39.0 Å². The molecule has 154 valence electrons. The van der Waals surface area contributed by atoms with E-state index in [2.05, 4.69) is 9.97 Å². The number of fused-ring (bicyclic) bond motifs is 1. The van der Waals surface area contributed by atoms with E-state index in [9.17, 15) is 9.59 Å². The summed E-state index contributed by atoms with van der Waals surface area (Å²) in [4.78, 5) is 32.8. The highest BCUT2D eigenvalue weighted by atomic mass is 16.5. The fraction of sp³-hybridized carbons (Fsp3) is 0.476. The van der Waals surface area contributed by atoms with Gasteiger partial charge in [0.2, 0.25) is 0 Å². The predicted octanol–water partition coefficient (Wildman–Crippen LogP) is 2.83. The van der Waals surface area contributed by atoms with Gasteiger partial charge in [0.05, 0.1) is 13.2 Å². The van der Waals surface area contributed by atoms with Crippen LogP contribution in [0, 0.1) is 0 Å². The van der Waals surface area contributed by atoms with Gasteiger partial charge in [-0.25, -0.2) is 9.78 Å². The Labute approximate surface area is 168 Å². The molecule has 0 saturated heterocycles. The second-order valence-corrected chi connectivity index (χ2v) is 7.47. The number of rotatable bonds is 6. The number of aryl methyl sites for hydroxylation is 1. The molecule has 0 radical (unpaired) electrons. The standard InChI is InChI=1S/C21H26N4O4/c1-4-11-25-20(26)17-19(24(2)21(25)27)23-18(22-17)13-9-10-15(16(12-13)28-3)29-14-7-5-6-8-14/h9-10,12,14H,4-8,11H2,1-3H3,(H,22,23). The molecule has 1 saturated carbocycles. The van der Waals surface area contributed by atoms with E-state index in [4.69, 9.17) is 9.47 Å². The molecule has 0 aliphatic heterocycles. The summed E-state index contributed by atoms with van der Waals surface area (Å²) in [6.07, 6.45) is 5.43. The van der Waals surface area contributed by atoms with E-state index in [1.54, 1.807) is 14.2 Å². The summed E-state index contributed by atoms with van der Waals surface area (Å²) < 4.78 is 14.3. The highest BCUT2D eigenvalue weighted by molar-refractivity contribution is 5.76. The highest BCUT2D eigenvalue weighted by Gasteiger charge is 2.20. The second kappa shape index (κ2) is 7.77. The lowest BCUT2D eigenvalue weighted by Gasteiger charge is -2.16. The Morgan fingerprint density at radius 1 is 1.21 bits per heavy atom. The van der Waals surface area contributed by atoms with Gasteiger partial charge >= 0.3 is 5.69 Å². The molecule has 3 aromatic rings. The normalized spacial score (nSPS) is 14.6. The fourth-order valence-corrected chi connectivity index (χ4v) is 3.90. The molecule has 1 fully saturated rings. The molecule has 8 nitrogen and oxygen atoms in total. The first-order chi connectivity index (χ1) is 14.0. The quantitative estimate of drug-likeness (QED) is 0.689. The van der Waals surface area contributed by atoms with Crippen LogP contribution in [0.25, 0.3) is 22.6 Å². The van der Waals surface area contributed by atoms with Gasteiger partial charge < -0.3 is 14.5 Å². The third-order valence-corrected chi connectivity index (χ3v) is 5.46. The Hall–Kier alpha value is -3.03. The monoisotopic (exact) mass is 398 g/mol. The molecule has 2 aromatic heterocycles. The van der Waals surface area contributed by atoms with Gasteiger partial charge in [0.25, 0.3) is 5.56 Å². The van der Waals surface area contributed by atoms with Crippen LogP contribution in [0.1, 0.15) is 39.0 Å². The van der Waals surface area contributed by atoms with Crippen molar-refractivity contribution in [2.45, 2.75) is 51.7 Å². The average molecular weight is 398 g/mol. The van der Waals surface area contributed by atoms with Crippen LogP contribution < -0.4 is 20.7 Å². The molecule has 1 aliphatic carbocycles. The van der Waals surface area contributed by atoms with E-state index in [-0.39, 0.29) is 17.4 Å². The maximum atomic E-state index is 12.7. The zero-order valence-corrected chi connectivity index (χ0v) is 17.0. The Kier molecular flexibility index (Phi) is 5.17. The molecule has 0 bridgehead atoms. The fourth-order valence-electron chi connectivity index (χ4n) is 3.90. The molecule has 1 aromatic carbocycles. The summed E-state index contributed by atoms with van der Waals surface area (Å²) in [5, 5.41) is 0. The number of imidazole rings is 1. The zero-order valence-electron chi connectivity index (χ0n) is 17.0. The van der Waals surface area contributed by atoms with Crippen LogP contribution in [-0.2, 0) is 13.6 Å². The molecule has 0 spiro atoms. The maximum absolute atomic E-state index is 12.7. The lowest BCUT2D eigenvalue weighted by molar-refractivity contribution is 0.201. The lowest BCUT2D eigenvalue weighted by atomic mass is 10.2. The number of hydrogen-bond acceptors (Lipinski definition) is 5. The molecule has 4 rings (SSSR count). The van der Waals surface area contributed by atoms with Crippen molar-refractivity contribution in [2.24, 2.45) is 7.05 Å². The SMILES string of the molecule is CCCn1c(=O)c2[nH]c(-c3ccc(OC4CCCC4)c(OC)c3)nc2n(C)c1=O. The maximum Gasteiger partial charge on any atom is 0.332 e. The molecule has 1 aliphatic rings. The minimum absolute atomic E-state index is 0.229. The Morgan fingerprint density at radius 3 is 2.66 bits per heavy atom. The minimum Gasteiger partial charge on any atom is -0.493 e. The van der Waals surface area contributed by atoms with Gasteiger partial charge in [0.1, 0.15) is 11.3 Å². The van der Waals surface area contributed by atoms with Crippen molar-refractivity contribution >= 4 is 11.2 Å². The van der Waals surface area contributed by atoms with Gasteiger partial charge in [-0.1, -0.05) is 6.92 Å². The Morgan fingerprint density at radius 2 is 1.97 bits per heavy atom. The first-order valence-corrected chi connectivity index (χ1v) is 10.1. The van der Waals surface area contributed by atoms with Gasteiger partial charge in [-0.2, -0.15) is 0 Å². The molecule has 0 amide bonds. The van der Waals surface area contributed by atoms with Crippen LogP contribution in [0.15, 0.2) is 27.8 Å². The van der Waals surface area contributed by atoms with Crippen LogP contribution in [0.4, 0.5) is 0 Å². The molecule has 2 heterocycles. The number of nitrogens with one attached hydrogen (secondary N) is 1. The summed E-state index contributed by atoms with van der Waals surface area (Å²) in [7, 11) is 3.23. The summed E-state index contributed by atoms with van der Waals surface area (Å²) in [5.41, 5.74) is 0.705. The van der Waals surface area contributed by atoms with Crippen molar-refractivity contribution in [1.29, 1.82) is 0 Å². The molecular formula is C21H26N4O4. The summed E-state index contributed by atoms with van der Waals surface area (Å²) >= 11 is 0. The molecule has 8 heteroatoms. The summed E-state index contributed by atoms with van der Waals surface area (Å²) in [5.74, 6) is 1.83. The summed E-state index contributed by atoms with van der Waals surface area (Å²) in [6.45, 7) is 2.30. The minimum atomic E-state index is -0.361. The van der Waals surface area contributed by atoms with Crippen LogP contribution >= 0.6 is 0 Å². The first kappa shape index (κ1) is 19.3. The first-order valence-electron chi connectivity index (χ1n) is 10.1. The molecule has 0 unspecified atom stereocenters. The van der Waals surface area contributed by atoms with Crippen LogP contribution in [-0.4, -0.2) is 32.3 Å².